The van der Waals surface area contributed by atoms with Crippen molar-refractivity contribution < 1.29 is 9.47 Å². The Morgan fingerprint density at radius 1 is 1.27 bits per heavy atom. The van der Waals surface area contributed by atoms with Crippen LogP contribution in [0.3, 0.4) is 0 Å². The summed E-state index contributed by atoms with van der Waals surface area (Å²) in [4.78, 5) is 0. The molecule has 3 nitrogen and oxygen atoms in total. The van der Waals surface area contributed by atoms with Crippen LogP contribution in [0.5, 0.6) is 11.5 Å². The van der Waals surface area contributed by atoms with E-state index in [1.165, 1.54) is 0 Å². The van der Waals surface area contributed by atoms with Gasteiger partial charge in [-0.05, 0) is 30.7 Å². The average molecular weight is 203 g/mol. The summed E-state index contributed by atoms with van der Waals surface area (Å²) in [6.07, 6.45) is 1.79. The predicted molar refractivity (Wildman–Crippen MR) is 58.8 cm³/mol. The first-order chi connectivity index (χ1) is 7.21. The highest BCUT2D eigenvalue weighted by atomic mass is 16.5. The van der Waals surface area contributed by atoms with Gasteiger partial charge in [0.15, 0.2) is 11.5 Å². The van der Waals surface area contributed by atoms with E-state index >= 15 is 0 Å². The van der Waals surface area contributed by atoms with E-state index in [1.807, 2.05) is 18.2 Å². The normalized spacial score (nSPS) is 10.7. The van der Waals surface area contributed by atoms with Crippen molar-refractivity contribution in [3.05, 3.63) is 29.3 Å². The third kappa shape index (κ3) is 2.75. The second-order valence-electron chi connectivity index (χ2n) is 3.05. The van der Waals surface area contributed by atoms with E-state index in [-0.39, 0.29) is 0 Å². The molecule has 1 aromatic rings. The lowest BCUT2D eigenvalue weighted by atomic mass is 10.1. The molecule has 0 aliphatic heterocycles. The number of hydrogen-bond donors (Lipinski definition) is 0. The third-order valence-corrected chi connectivity index (χ3v) is 1.97. The minimum atomic E-state index is 0.655. The monoisotopic (exact) mass is 203 g/mol. The fraction of sp³-hybridized carbons (Fsp3) is 0.250. The van der Waals surface area contributed by atoms with Crippen LogP contribution < -0.4 is 9.47 Å². The SMILES string of the molecule is COc1ccc(/C=C(/C)C#N)cc1OC. The van der Waals surface area contributed by atoms with Crippen molar-refractivity contribution >= 4 is 6.08 Å². The summed E-state index contributed by atoms with van der Waals surface area (Å²) in [5, 5.41) is 8.65. The lowest BCUT2D eigenvalue weighted by Crippen LogP contribution is -1.90. The van der Waals surface area contributed by atoms with Gasteiger partial charge in [-0.25, -0.2) is 0 Å². The molecule has 0 radical (unpaired) electrons. The second-order valence-corrected chi connectivity index (χ2v) is 3.05. The molecule has 78 valence electrons. The maximum absolute atomic E-state index is 8.65. The molecule has 15 heavy (non-hydrogen) atoms. The number of nitriles is 1. The zero-order valence-corrected chi connectivity index (χ0v) is 9.07. The first kappa shape index (κ1) is 11.1. The van der Waals surface area contributed by atoms with E-state index < -0.39 is 0 Å². The summed E-state index contributed by atoms with van der Waals surface area (Å²) >= 11 is 0. The van der Waals surface area contributed by atoms with Gasteiger partial charge in [-0.3, -0.25) is 0 Å². The molecule has 0 aliphatic carbocycles. The Balaban J connectivity index is 3.10. The molecule has 0 heterocycles. The van der Waals surface area contributed by atoms with Gasteiger partial charge in [0.25, 0.3) is 0 Å². The Morgan fingerprint density at radius 3 is 2.47 bits per heavy atom. The molecule has 0 atom stereocenters. The zero-order valence-electron chi connectivity index (χ0n) is 9.07. The van der Waals surface area contributed by atoms with Crippen LogP contribution >= 0.6 is 0 Å². The zero-order chi connectivity index (χ0) is 11.3. The number of ether oxygens (including phenoxy) is 2. The number of allylic oxidation sites excluding steroid dienone is 1. The molecule has 3 heteroatoms. The number of benzene rings is 1. The Kier molecular flexibility index (Phi) is 3.75. The quantitative estimate of drug-likeness (QED) is 0.709. The van der Waals surface area contributed by atoms with Crippen LogP contribution in [0.25, 0.3) is 6.08 Å². The molecule has 1 rings (SSSR count). The Labute approximate surface area is 89.6 Å². The van der Waals surface area contributed by atoms with Crippen molar-refractivity contribution in [2.75, 3.05) is 14.2 Å². The molecule has 0 aliphatic rings. The molecule has 0 unspecified atom stereocenters. The lowest BCUT2D eigenvalue weighted by Gasteiger charge is -2.07. The second kappa shape index (κ2) is 5.06. The highest BCUT2D eigenvalue weighted by molar-refractivity contribution is 5.60. The standard InChI is InChI=1S/C12H13NO2/c1-9(8-13)6-10-4-5-11(14-2)12(7-10)15-3/h4-7H,1-3H3/b9-6-. The van der Waals surface area contributed by atoms with Gasteiger partial charge in [0.05, 0.1) is 20.3 Å². The van der Waals surface area contributed by atoms with Crippen molar-refractivity contribution in [1.82, 2.24) is 0 Å². The molecule has 0 saturated carbocycles. The van der Waals surface area contributed by atoms with Crippen LogP contribution in [-0.4, -0.2) is 14.2 Å². The molecule has 0 N–H and O–H groups in total. The van der Waals surface area contributed by atoms with Crippen LogP contribution in [0.2, 0.25) is 0 Å². The molecule has 1 aromatic carbocycles. The largest absolute Gasteiger partial charge is 0.493 e. The smallest absolute Gasteiger partial charge is 0.161 e. The molecule has 0 fully saturated rings. The number of hydrogen-bond acceptors (Lipinski definition) is 3. The van der Waals surface area contributed by atoms with Gasteiger partial charge in [0, 0.05) is 5.57 Å². The molecular formula is C12H13NO2. The average Bonchev–Trinajstić information content (AvgIpc) is 2.28. The number of methoxy groups -OCH3 is 2. The lowest BCUT2D eigenvalue weighted by molar-refractivity contribution is 0.355. The van der Waals surface area contributed by atoms with Gasteiger partial charge in [-0.15, -0.1) is 0 Å². The summed E-state index contributed by atoms with van der Waals surface area (Å²) < 4.78 is 10.3. The summed E-state index contributed by atoms with van der Waals surface area (Å²) in [6.45, 7) is 1.76. The van der Waals surface area contributed by atoms with E-state index in [0.29, 0.717) is 17.1 Å². The molecule has 0 amide bonds. The van der Waals surface area contributed by atoms with Gasteiger partial charge < -0.3 is 9.47 Å². The summed E-state index contributed by atoms with van der Waals surface area (Å²) in [6, 6.07) is 7.59. The van der Waals surface area contributed by atoms with Gasteiger partial charge in [-0.1, -0.05) is 6.07 Å². The number of nitrogens with zero attached hydrogens (tertiary/aromatic N) is 1. The maximum atomic E-state index is 8.65. The van der Waals surface area contributed by atoms with Crippen molar-refractivity contribution in [2.24, 2.45) is 0 Å². The third-order valence-electron chi connectivity index (χ3n) is 1.97. The maximum Gasteiger partial charge on any atom is 0.161 e. The van der Waals surface area contributed by atoms with E-state index in [2.05, 4.69) is 6.07 Å². The van der Waals surface area contributed by atoms with E-state index in [4.69, 9.17) is 14.7 Å². The fourth-order valence-corrected chi connectivity index (χ4v) is 1.22. The van der Waals surface area contributed by atoms with Gasteiger partial charge in [-0.2, -0.15) is 5.26 Å². The summed E-state index contributed by atoms with van der Waals surface area (Å²) in [5.74, 6) is 1.35. The van der Waals surface area contributed by atoms with Crippen molar-refractivity contribution in [3.63, 3.8) is 0 Å². The van der Waals surface area contributed by atoms with Crippen LogP contribution in [-0.2, 0) is 0 Å². The van der Waals surface area contributed by atoms with Crippen LogP contribution in [0.1, 0.15) is 12.5 Å². The Morgan fingerprint density at radius 2 is 1.93 bits per heavy atom. The molecule has 0 bridgehead atoms. The van der Waals surface area contributed by atoms with Crippen LogP contribution in [0, 0.1) is 11.3 Å². The molecular weight excluding hydrogens is 190 g/mol. The van der Waals surface area contributed by atoms with E-state index in [0.717, 1.165) is 5.56 Å². The minimum absolute atomic E-state index is 0.655. The first-order valence-corrected chi connectivity index (χ1v) is 4.51. The highest BCUT2D eigenvalue weighted by Crippen LogP contribution is 2.28. The Bertz CT molecular complexity index is 416. The minimum Gasteiger partial charge on any atom is -0.493 e. The van der Waals surface area contributed by atoms with Gasteiger partial charge >= 0.3 is 0 Å². The number of rotatable bonds is 3. The predicted octanol–water partition coefficient (Wildman–Crippen LogP) is 2.63. The summed E-state index contributed by atoms with van der Waals surface area (Å²) in [5.41, 5.74) is 1.58. The van der Waals surface area contributed by atoms with Gasteiger partial charge in [0.1, 0.15) is 0 Å². The fourth-order valence-electron chi connectivity index (χ4n) is 1.22. The Hall–Kier alpha value is -1.95. The summed E-state index contributed by atoms with van der Waals surface area (Å²) in [7, 11) is 3.18. The highest BCUT2D eigenvalue weighted by Gasteiger charge is 2.02. The van der Waals surface area contributed by atoms with E-state index in [9.17, 15) is 0 Å². The molecule has 0 saturated heterocycles. The first-order valence-electron chi connectivity index (χ1n) is 4.51. The van der Waals surface area contributed by atoms with Crippen molar-refractivity contribution in [2.45, 2.75) is 6.92 Å². The van der Waals surface area contributed by atoms with Crippen molar-refractivity contribution in [3.8, 4) is 17.6 Å². The molecule has 0 aromatic heterocycles. The van der Waals surface area contributed by atoms with E-state index in [1.54, 1.807) is 27.2 Å². The van der Waals surface area contributed by atoms with Crippen LogP contribution in [0.15, 0.2) is 23.8 Å². The van der Waals surface area contributed by atoms with Crippen molar-refractivity contribution in [1.29, 1.82) is 5.26 Å². The van der Waals surface area contributed by atoms with Crippen LogP contribution in [0.4, 0.5) is 0 Å². The topological polar surface area (TPSA) is 42.2 Å². The van der Waals surface area contributed by atoms with Gasteiger partial charge in [0.2, 0.25) is 0 Å². The molecule has 0 spiro atoms.